The van der Waals surface area contributed by atoms with Gasteiger partial charge in [0.05, 0.1) is 17.8 Å². The Labute approximate surface area is 165 Å². The zero-order valence-corrected chi connectivity index (χ0v) is 16.1. The number of sulfone groups is 1. The minimum atomic E-state index is -4.06. The summed E-state index contributed by atoms with van der Waals surface area (Å²) < 4.78 is 32.6. The molecule has 1 aliphatic rings. The van der Waals surface area contributed by atoms with Crippen molar-refractivity contribution in [3.63, 3.8) is 0 Å². The van der Waals surface area contributed by atoms with Gasteiger partial charge in [-0.1, -0.05) is 17.7 Å². The number of fused-ring (bicyclic) bond motifs is 1. The second-order valence-corrected chi connectivity index (χ2v) is 8.60. The van der Waals surface area contributed by atoms with Crippen LogP contribution < -0.4 is 5.73 Å². The van der Waals surface area contributed by atoms with Gasteiger partial charge in [0, 0.05) is 0 Å². The van der Waals surface area contributed by atoms with Crippen molar-refractivity contribution >= 4 is 26.8 Å². The molecule has 0 amide bonds. The molecule has 0 spiro atoms. The number of ether oxygens (including phenoxy) is 1. The first-order chi connectivity index (χ1) is 13.7. The van der Waals surface area contributed by atoms with Gasteiger partial charge in [0.1, 0.15) is 23.8 Å². The van der Waals surface area contributed by atoms with Crippen molar-refractivity contribution in [2.75, 3.05) is 12.3 Å². The van der Waals surface area contributed by atoms with Crippen LogP contribution in [0.25, 0.3) is 11.2 Å². The molecule has 2 aromatic heterocycles. The molecule has 4 atom stereocenters. The van der Waals surface area contributed by atoms with E-state index in [1.807, 2.05) is 6.92 Å². The number of benzene rings is 1. The van der Waals surface area contributed by atoms with E-state index in [9.17, 15) is 23.7 Å². The van der Waals surface area contributed by atoms with Crippen LogP contribution in [0.5, 0.6) is 0 Å². The molecule has 154 valence electrons. The van der Waals surface area contributed by atoms with Crippen LogP contribution >= 0.6 is 0 Å². The predicted molar refractivity (Wildman–Crippen MR) is 99.4 cm³/mol. The molecule has 11 nitrogen and oxygen atoms in total. The Hall–Kier alpha value is -2.64. The number of nitrogens with zero attached hydrogens (tertiary/aromatic N) is 4. The highest BCUT2D eigenvalue weighted by Gasteiger charge is 2.44. The Morgan fingerprint density at radius 1 is 1.17 bits per heavy atom. The summed E-state index contributed by atoms with van der Waals surface area (Å²) in [5, 5.41) is 29.0. The minimum absolute atomic E-state index is 0.000771. The van der Waals surface area contributed by atoms with Crippen LogP contribution in [-0.2, 0) is 14.6 Å². The van der Waals surface area contributed by atoms with Gasteiger partial charge in [-0.05, 0) is 19.1 Å². The number of imidazole rings is 1. The highest BCUT2D eigenvalue weighted by Crippen LogP contribution is 2.32. The predicted octanol–water partition coefficient (Wildman–Crippen LogP) is -0.839. The molecule has 1 saturated heterocycles. The van der Waals surface area contributed by atoms with Crippen LogP contribution in [0.2, 0.25) is 0 Å². The van der Waals surface area contributed by atoms with Crippen LogP contribution in [0, 0.1) is 6.92 Å². The van der Waals surface area contributed by atoms with Gasteiger partial charge in [0.2, 0.25) is 9.84 Å². The van der Waals surface area contributed by atoms with E-state index in [1.54, 1.807) is 12.1 Å². The molecule has 1 aromatic carbocycles. The van der Waals surface area contributed by atoms with E-state index in [4.69, 9.17) is 10.5 Å². The molecule has 12 heteroatoms. The van der Waals surface area contributed by atoms with Crippen molar-refractivity contribution < 1.29 is 28.5 Å². The Morgan fingerprint density at radius 3 is 2.48 bits per heavy atom. The highest BCUT2D eigenvalue weighted by atomic mass is 32.2. The Kier molecular flexibility index (Phi) is 4.75. The number of nitrogens with two attached hydrogens (primary N) is 1. The maximum Gasteiger partial charge on any atom is 0.256 e. The molecule has 3 heterocycles. The summed E-state index contributed by atoms with van der Waals surface area (Å²) in [5.41, 5.74) is 6.92. The maximum absolute atomic E-state index is 12.9. The number of hydrogen-bond acceptors (Lipinski definition) is 10. The normalized spacial score (nSPS) is 25.0. The zero-order valence-electron chi connectivity index (χ0n) is 15.2. The van der Waals surface area contributed by atoms with Crippen LogP contribution in [0.3, 0.4) is 0 Å². The van der Waals surface area contributed by atoms with Crippen LogP contribution in [0.1, 0.15) is 11.8 Å². The number of nitrogen functional groups attached to an aromatic ring is 1. The fourth-order valence-corrected chi connectivity index (χ4v) is 4.29. The van der Waals surface area contributed by atoms with Gasteiger partial charge < -0.3 is 25.8 Å². The quantitative estimate of drug-likeness (QED) is 0.389. The lowest BCUT2D eigenvalue weighted by Crippen LogP contribution is -2.33. The van der Waals surface area contributed by atoms with Crippen molar-refractivity contribution in [1.82, 2.24) is 19.5 Å². The average Bonchev–Trinajstić information content (AvgIpc) is 3.24. The maximum atomic E-state index is 12.9. The topological polar surface area (TPSA) is 174 Å². The molecule has 1 fully saturated rings. The van der Waals surface area contributed by atoms with E-state index >= 15 is 0 Å². The SMILES string of the molecule is Cc1ccc(S(=O)(=O)c2nc(N)c3ncn([C@@H]4O[C@H](CO)[C@@H](O)[C@H]4O)c3n2)cc1. The third-order valence-corrected chi connectivity index (χ3v) is 6.35. The molecule has 0 unspecified atom stereocenters. The molecule has 0 bridgehead atoms. The van der Waals surface area contributed by atoms with Crippen molar-refractivity contribution in [3.8, 4) is 0 Å². The average molecular weight is 421 g/mol. The van der Waals surface area contributed by atoms with Crippen LogP contribution in [0.4, 0.5) is 5.82 Å². The summed E-state index contributed by atoms with van der Waals surface area (Å²) >= 11 is 0. The van der Waals surface area contributed by atoms with E-state index in [1.165, 1.54) is 23.0 Å². The van der Waals surface area contributed by atoms with Gasteiger partial charge >= 0.3 is 0 Å². The first-order valence-corrected chi connectivity index (χ1v) is 10.2. The Morgan fingerprint density at radius 2 is 1.86 bits per heavy atom. The van der Waals surface area contributed by atoms with E-state index in [-0.39, 0.29) is 21.9 Å². The van der Waals surface area contributed by atoms with E-state index < -0.39 is 46.1 Å². The lowest BCUT2D eigenvalue weighted by atomic mass is 10.1. The first kappa shape index (κ1) is 19.7. The monoisotopic (exact) mass is 421 g/mol. The molecule has 5 N–H and O–H groups in total. The Balaban J connectivity index is 1.83. The number of aliphatic hydroxyl groups is 3. The second-order valence-electron chi connectivity index (χ2n) is 6.76. The van der Waals surface area contributed by atoms with Crippen LogP contribution in [-0.4, -0.2) is 68.2 Å². The molecule has 29 heavy (non-hydrogen) atoms. The second kappa shape index (κ2) is 7.00. The number of aliphatic hydroxyl groups excluding tert-OH is 3. The molecular formula is C17H19N5O6S. The van der Waals surface area contributed by atoms with Crippen molar-refractivity contribution in [3.05, 3.63) is 36.2 Å². The summed E-state index contributed by atoms with van der Waals surface area (Å²) in [6.07, 6.45) is -3.63. The molecule has 1 aliphatic heterocycles. The van der Waals surface area contributed by atoms with Gasteiger partial charge in [0.15, 0.2) is 17.7 Å². The van der Waals surface area contributed by atoms with Gasteiger partial charge in [0.25, 0.3) is 5.16 Å². The molecule has 0 saturated carbocycles. The van der Waals surface area contributed by atoms with Gasteiger partial charge in [-0.25, -0.2) is 13.4 Å². The summed E-state index contributed by atoms with van der Waals surface area (Å²) in [6.45, 7) is 1.32. The van der Waals surface area contributed by atoms with Crippen molar-refractivity contribution in [2.45, 2.75) is 41.5 Å². The number of anilines is 1. The van der Waals surface area contributed by atoms with Gasteiger partial charge in [-0.15, -0.1) is 0 Å². The summed E-state index contributed by atoms with van der Waals surface area (Å²) in [5.74, 6) is -0.161. The lowest BCUT2D eigenvalue weighted by Gasteiger charge is -2.16. The zero-order chi connectivity index (χ0) is 20.9. The van der Waals surface area contributed by atoms with E-state index in [2.05, 4.69) is 15.0 Å². The first-order valence-electron chi connectivity index (χ1n) is 8.68. The van der Waals surface area contributed by atoms with E-state index in [0.717, 1.165) is 5.56 Å². The number of hydrogen-bond donors (Lipinski definition) is 4. The fraction of sp³-hybridized carbons (Fsp3) is 0.353. The van der Waals surface area contributed by atoms with Crippen molar-refractivity contribution in [1.29, 1.82) is 0 Å². The Bertz CT molecular complexity index is 1160. The van der Waals surface area contributed by atoms with Crippen LogP contribution in [0.15, 0.2) is 40.6 Å². The van der Waals surface area contributed by atoms with Crippen molar-refractivity contribution in [2.24, 2.45) is 0 Å². The molecule has 3 aromatic rings. The number of aromatic nitrogens is 4. The number of rotatable bonds is 4. The van der Waals surface area contributed by atoms with E-state index in [0.29, 0.717) is 0 Å². The van der Waals surface area contributed by atoms with Gasteiger partial charge in [-0.2, -0.15) is 9.97 Å². The summed E-state index contributed by atoms with van der Waals surface area (Å²) in [6, 6.07) is 6.19. The third kappa shape index (κ3) is 3.14. The number of aryl methyl sites for hydroxylation is 1. The highest BCUT2D eigenvalue weighted by molar-refractivity contribution is 7.91. The summed E-state index contributed by atoms with van der Waals surface area (Å²) in [7, 11) is -4.06. The molecule has 0 aliphatic carbocycles. The summed E-state index contributed by atoms with van der Waals surface area (Å²) in [4.78, 5) is 12.1. The largest absolute Gasteiger partial charge is 0.394 e. The molecule has 4 rings (SSSR count). The molecule has 0 radical (unpaired) electrons. The minimum Gasteiger partial charge on any atom is -0.394 e. The van der Waals surface area contributed by atoms with Gasteiger partial charge in [-0.3, -0.25) is 4.57 Å². The third-order valence-electron chi connectivity index (χ3n) is 4.79. The fourth-order valence-electron chi connectivity index (χ4n) is 3.16. The molecular weight excluding hydrogens is 402 g/mol. The smallest absolute Gasteiger partial charge is 0.256 e. The standard InChI is InChI=1S/C17H19N5O6S/c1-8-2-4-9(5-3-8)29(26,27)17-20-14(18)11-15(21-17)22(7-19-11)16-13(25)12(24)10(6-23)28-16/h2-5,7,10,12-13,16,23-25H,6H2,1H3,(H2,18,20,21)/t10-,12-,13-,16-/m1/s1. The lowest BCUT2D eigenvalue weighted by molar-refractivity contribution is -0.0511.